The van der Waals surface area contributed by atoms with E-state index in [9.17, 15) is 18.4 Å². The second kappa shape index (κ2) is 10.6. The van der Waals surface area contributed by atoms with E-state index in [0.717, 1.165) is 31.4 Å². The number of hydrogen-bond acceptors (Lipinski definition) is 7. The summed E-state index contributed by atoms with van der Waals surface area (Å²) in [7, 11) is 0. The standard InChI is InChI=1S/C29H27F2N7O3/c30-21-4-1-5-22(31)25(21)41-19-10-8-17(9-11-19)24-23-26(32)34-15-35-28(23)38(36-24)18-3-2-12-37(14-18)29(40)20(27(33)39)13-16-6-7-16/h1,4-5,8-11,13,15-16,18H,2-3,6-7,12,14H2,(H2,33,39)(H2,32,34,35)/b20-13-/t18-/m0/s1. The first-order valence-electron chi connectivity index (χ1n) is 13.3. The van der Waals surface area contributed by atoms with Crippen molar-refractivity contribution in [2.45, 2.75) is 31.7 Å². The normalized spacial score (nSPS) is 17.6. The van der Waals surface area contributed by atoms with Crippen molar-refractivity contribution in [2.24, 2.45) is 11.7 Å². The van der Waals surface area contributed by atoms with Crippen molar-refractivity contribution in [1.82, 2.24) is 24.6 Å². The third kappa shape index (κ3) is 5.20. The highest BCUT2D eigenvalue weighted by Crippen LogP contribution is 2.36. The third-order valence-electron chi connectivity index (χ3n) is 7.33. The van der Waals surface area contributed by atoms with Crippen LogP contribution < -0.4 is 16.2 Å². The van der Waals surface area contributed by atoms with Crippen molar-refractivity contribution in [3.05, 3.63) is 72.1 Å². The van der Waals surface area contributed by atoms with Gasteiger partial charge in [-0.1, -0.05) is 12.1 Å². The number of carbonyl (C=O) groups excluding carboxylic acids is 2. The molecular weight excluding hydrogens is 532 g/mol. The molecule has 1 saturated heterocycles. The summed E-state index contributed by atoms with van der Waals surface area (Å²) in [5.41, 5.74) is 13.5. The van der Waals surface area contributed by atoms with Crippen LogP contribution in [0, 0.1) is 17.6 Å². The Morgan fingerprint density at radius 3 is 2.44 bits per heavy atom. The predicted octanol–water partition coefficient (Wildman–Crippen LogP) is 4.13. The Labute approximate surface area is 233 Å². The summed E-state index contributed by atoms with van der Waals surface area (Å²) < 4.78 is 35.3. The van der Waals surface area contributed by atoms with Gasteiger partial charge in [0.1, 0.15) is 29.2 Å². The van der Waals surface area contributed by atoms with Gasteiger partial charge in [-0.05, 0) is 68.0 Å². The van der Waals surface area contributed by atoms with E-state index in [1.807, 2.05) is 0 Å². The molecular formula is C29H27F2N7O3. The third-order valence-corrected chi connectivity index (χ3v) is 7.33. The molecule has 1 aliphatic carbocycles. The number of carbonyl (C=O) groups is 2. The van der Waals surface area contributed by atoms with E-state index in [0.29, 0.717) is 41.8 Å². The van der Waals surface area contributed by atoms with Gasteiger partial charge in [-0.25, -0.2) is 23.4 Å². The Bertz CT molecular complexity index is 1660. The first-order valence-corrected chi connectivity index (χ1v) is 13.3. The molecule has 41 heavy (non-hydrogen) atoms. The van der Waals surface area contributed by atoms with Gasteiger partial charge in [-0.3, -0.25) is 9.59 Å². The van der Waals surface area contributed by atoms with Crippen LogP contribution in [-0.2, 0) is 9.59 Å². The second-order valence-electron chi connectivity index (χ2n) is 10.3. The number of rotatable bonds is 7. The molecule has 12 heteroatoms. The van der Waals surface area contributed by atoms with Crippen molar-refractivity contribution in [3.63, 3.8) is 0 Å². The van der Waals surface area contributed by atoms with Crippen LogP contribution in [-0.4, -0.2) is 49.6 Å². The highest BCUT2D eigenvalue weighted by atomic mass is 19.1. The van der Waals surface area contributed by atoms with Crippen molar-refractivity contribution in [3.8, 4) is 22.8 Å². The van der Waals surface area contributed by atoms with Crippen LogP contribution >= 0.6 is 0 Å². The average molecular weight is 560 g/mol. The maximum absolute atomic E-state index is 14.0. The van der Waals surface area contributed by atoms with Gasteiger partial charge >= 0.3 is 0 Å². The molecule has 4 N–H and O–H groups in total. The zero-order chi connectivity index (χ0) is 28.7. The number of ether oxygens (including phenoxy) is 1. The summed E-state index contributed by atoms with van der Waals surface area (Å²) >= 11 is 0. The number of allylic oxidation sites excluding steroid dienone is 1. The molecule has 2 aromatic heterocycles. The van der Waals surface area contributed by atoms with E-state index in [2.05, 4.69) is 9.97 Å². The molecule has 4 aromatic rings. The Morgan fingerprint density at radius 2 is 1.76 bits per heavy atom. The van der Waals surface area contributed by atoms with Crippen molar-refractivity contribution < 1.29 is 23.1 Å². The molecule has 2 fully saturated rings. The first-order chi connectivity index (χ1) is 19.8. The van der Waals surface area contributed by atoms with Gasteiger partial charge in [0, 0.05) is 18.7 Å². The van der Waals surface area contributed by atoms with E-state index in [-0.39, 0.29) is 35.0 Å². The number of hydrogen-bond donors (Lipinski definition) is 2. The van der Waals surface area contributed by atoms with Crippen LogP contribution in [0.15, 0.2) is 60.4 Å². The molecule has 210 valence electrons. The van der Waals surface area contributed by atoms with Crippen LogP contribution in [0.1, 0.15) is 31.7 Å². The number of anilines is 1. The number of fused-ring (bicyclic) bond motifs is 1. The zero-order valence-electron chi connectivity index (χ0n) is 22.0. The summed E-state index contributed by atoms with van der Waals surface area (Å²) in [5.74, 6) is -2.51. The molecule has 0 unspecified atom stereocenters. The smallest absolute Gasteiger partial charge is 0.259 e. The lowest BCUT2D eigenvalue weighted by Crippen LogP contribution is -2.43. The van der Waals surface area contributed by atoms with E-state index >= 15 is 0 Å². The fourth-order valence-electron chi connectivity index (χ4n) is 5.10. The van der Waals surface area contributed by atoms with Gasteiger partial charge in [-0.2, -0.15) is 5.10 Å². The summed E-state index contributed by atoms with van der Waals surface area (Å²) in [6, 6.07) is 9.81. The Balaban J connectivity index is 1.30. The number of piperidine rings is 1. The summed E-state index contributed by atoms with van der Waals surface area (Å²) in [5, 5.41) is 5.39. The molecule has 0 radical (unpaired) electrons. The van der Waals surface area contributed by atoms with Gasteiger partial charge in [-0.15, -0.1) is 0 Å². The van der Waals surface area contributed by atoms with E-state index < -0.39 is 23.3 Å². The van der Waals surface area contributed by atoms with Gasteiger partial charge in [0.15, 0.2) is 23.0 Å². The van der Waals surface area contributed by atoms with Crippen molar-refractivity contribution in [1.29, 1.82) is 0 Å². The number of aromatic nitrogens is 4. The number of halogens is 2. The van der Waals surface area contributed by atoms with Gasteiger partial charge < -0.3 is 21.1 Å². The maximum atomic E-state index is 14.0. The highest BCUT2D eigenvalue weighted by molar-refractivity contribution is 6.17. The van der Waals surface area contributed by atoms with Crippen LogP contribution in [0.2, 0.25) is 0 Å². The minimum atomic E-state index is -0.810. The van der Waals surface area contributed by atoms with Crippen molar-refractivity contribution >= 4 is 28.7 Å². The quantitative estimate of drug-likeness (QED) is 0.197. The molecule has 1 saturated carbocycles. The van der Waals surface area contributed by atoms with Gasteiger partial charge in [0.25, 0.3) is 11.8 Å². The molecule has 0 bridgehead atoms. The lowest BCUT2D eigenvalue weighted by molar-refractivity contribution is -0.131. The topological polar surface area (TPSA) is 142 Å². The molecule has 6 rings (SSSR count). The lowest BCUT2D eigenvalue weighted by atomic mass is 10.0. The molecule has 2 amide bonds. The summed E-state index contributed by atoms with van der Waals surface area (Å²) in [4.78, 5) is 35.5. The second-order valence-corrected chi connectivity index (χ2v) is 10.3. The molecule has 0 spiro atoms. The zero-order valence-corrected chi connectivity index (χ0v) is 22.0. The number of para-hydroxylation sites is 1. The van der Waals surface area contributed by atoms with Gasteiger partial charge in [0.2, 0.25) is 0 Å². The molecule has 1 aliphatic heterocycles. The minimum absolute atomic E-state index is 0.0308. The number of nitrogen functional groups attached to an aromatic ring is 1. The Morgan fingerprint density at radius 1 is 1.02 bits per heavy atom. The number of nitrogens with two attached hydrogens (primary N) is 2. The molecule has 2 aromatic carbocycles. The number of benzene rings is 2. The number of nitrogens with zero attached hydrogens (tertiary/aromatic N) is 5. The molecule has 3 heterocycles. The van der Waals surface area contributed by atoms with Gasteiger partial charge in [0.05, 0.1) is 11.4 Å². The summed E-state index contributed by atoms with van der Waals surface area (Å²) in [6.45, 7) is 0.813. The minimum Gasteiger partial charge on any atom is -0.451 e. The fraction of sp³-hybridized carbons (Fsp3) is 0.276. The average Bonchev–Trinajstić information content (AvgIpc) is 3.71. The largest absolute Gasteiger partial charge is 0.451 e. The molecule has 1 atom stereocenters. The van der Waals surface area contributed by atoms with E-state index in [1.54, 1.807) is 39.9 Å². The van der Waals surface area contributed by atoms with Crippen LogP contribution in [0.4, 0.5) is 14.6 Å². The van der Waals surface area contributed by atoms with Crippen LogP contribution in [0.25, 0.3) is 22.3 Å². The van der Waals surface area contributed by atoms with E-state index in [4.69, 9.17) is 21.3 Å². The van der Waals surface area contributed by atoms with Crippen LogP contribution in [0.3, 0.4) is 0 Å². The first kappa shape index (κ1) is 26.4. The maximum Gasteiger partial charge on any atom is 0.259 e. The SMILES string of the molecule is NC(=O)/C(=C/C1CC1)C(=O)N1CCC[C@H](n2nc(-c3ccc(Oc4c(F)cccc4F)cc3)c3c(N)ncnc32)C1. The van der Waals surface area contributed by atoms with Crippen LogP contribution in [0.5, 0.6) is 11.5 Å². The van der Waals surface area contributed by atoms with Crippen molar-refractivity contribution in [2.75, 3.05) is 18.8 Å². The molecule has 10 nitrogen and oxygen atoms in total. The summed E-state index contributed by atoms with van der Waals surface area (Å²) in [6.07, 6.45) is 6.36. The van der Waals surface area contributed by atoms with E-state index in [1.165, 1.54) is 12.4 Å². The Kier molecular flexibility index (Phi) is 6.82. The molecule has 2 aliphatic rings. The highest BCUT2D eigenvalue weighted by Gasteiger charge is 2.32. The lowest BCUT2D eigenvalue weighted by Gasteiger charge is -2.33. The predicted molar refractivity (Wildman–Crippen MR) is 146 cm³/mol. The Hall–Kier alpha value is -4.87. The number of likely N-dealkylation sites (tertiary alicyclic amines) is 1. The monoisotopic (exact) mass is 559 g/mol. The number of amides is 2. The number of primary amides is 1. The fourth-order valence-corrected chi connectivity index (χ4v) is 5.10.